The molecular formula is C29H29Br2N7O. The van der Waals surface area contributed by atoms with Gasteiger partial charge in [-0.2, -0.15) is 20.1 Å². The van der Waals surface area contributed by atoms with Gasteiger partial charge in [-0.25, -0.2) is 5.43 Å². The number of anilines is 4. The van der Waals surface area contributed by atoms with Gasteiger partial charge in [0.05, 0.1) is 15.2 Å². The van der Waals surface area contributed by atoms with Crippen LogP contribution in [0.3, 0.4) is 0 Å². The van der Waals surface area contributed by atoms with E-state index in [1.807, 2.05) is 24.3 Å². The molecule has 0 aliphatic carbocycles. The van der Waals surface area contributed by atoms with Crippen LogP contribution in [0.4, 0.5) is 23.5 Å². The number of phenols is 1. The summed E-state index contributed by atoms with van der Waals surface area (Å²) in [4.78, 5) is 16.2. The highest BCUT2D eigenvalue weighted by molar-refractivity contribution is 9.11. The number of halogens is 2. The normalized spacial score (nSPS) is 14.1. The van der Waals surface area contributed by atoms with Crippen molar-refractivity contribution in [3.8, 4) is 5.75 Å². The Hall–Kier alpha value is -3.50. The standard InChI is InChI=1S/C29H29Br2N7O/c1-19-7-9-23(10-8-19)33-27-34-28(37-32-18-22-16-24(30)26(39)25(31)17-22)36-29(35-27)38-13-11-21(12-14-38)15-20-5-3-2-4-6-20/h2-10,16-18,21,39H,11-15H2,1H3,(H2,33,34,35,36,37)/b32-18+. The maximum absolute atomic E-state index is 9.95. The molecule has 0 bridgehead atoms. The number of nitrogens with one attached hydrogen (secondary N) is 2. The number of hydrazone groups is 1. The molecule has 0 unspecified atom stereocenters. The number of aromatic nitrogens is 3. The molecule has 3 aromatic carbocycles. The zero-order chi connectivity index (χ0) is 27.2. The van der Waals surface area contributed by atoms with E-state index in [1.165, 1.54) is 11.1 Å². The van der Waals surface area contributed by atoms with E-state index in [0.717, 1.165) is 43.6 Å². The fraction of sp³-hybridized carbons (Fsp3) is 0.241. The summed E-state index contributed by atoms with van der Waals surface area (Å²) >= 11 is 6.69. The number of aryl methyl sites for hydroxylation is 1. The zero-order valence-electron chi connectivity index (χ0n) is 21.5. The average molecular weight is 651 g/mol. The molecular weight excluding hydrogens is 622 g/mol. The van der Waals surface area contributed by atoms with Crippen LogP contribution in [0.25, 0.3) is 0 Å². The minimum atomic E-state index is 0.140. The quantitative estimate of drug-likeness (QED) is 0.139. The summed E-state index contributed by atoms with van der Waals surface area (Å²) in [5, 5.41) is 17.6. The summed E-state index contributed by atoms with van der Waals surface area (Å²) < 4.78 is 1.14. The van der Waals surface area contributed by atoms with Crippen molar-refractivity contribution in [3.63, 3.8) is 0 Å². The molecule has 0 spiro atoms. The van der Waals surface area contributed by atoms with E-state index in [2.05, 4.69) is 99.8 Å². The molecule has 0 amide bonds. The summed E-state index contributed by atoms with van der Waals surface area (Å²) in [6, 6.07) is 22.3. The van der Waals surface area contributed by atoms with E-state index in [4.69, 9.17) is 4.98 Å². The van der Waals surface area contributed by atoms with Crippen molar-refractivity contribution in [2.45, 2.75) is 26.2 Å². The predicted molar refractivity (Wildman–Crippen MR) is 164 cm³/mol. The smallest absolute Gasteiger partial charge is 0.250 e. The zero-order valence-corrected chi connectivity index (χ0v) is 24.7. The minimum Gasteiger partial charge on any atom is -0.506 e. The lowest BCUT2D eigenvalue weighted by molar-refractivity contribution is 0.400. The number of piperidine rings is 1. The van der Waals surface area contributed by atoms with Gasteiger partial charge >= 0.3 is 0 Å². The van der Waals surface area contributed by atoms with Crippen LogP contribution in [-0.4, -0.2) is 39.4 Å². The molecule has 3 N–H and O–H groups in total. The molecule has 0 atom stereocenters. The summed E-state index contributed by atoms with van der Waals surface area (Å²) in [5.41, 5.74) is 7.20. The van der Waals surface area contributed by atoms with Crippen LogP contribution in [0.2, 0.25) is 0 Å². The Morgan fingerprint density at radius 3 is 2.31 bits per heavy atom. The fourth-order valence-electron chi connectivity index (χ4n) is 4.49. The molecule has 4 aromatic rings. The van der Waals surface area contributed by atoms with Gasteiger partial charge in [0.2, 0.25) is 17.8 Å². The Morgan fingerprint density at radius 2 is 1.62 bits per heavy atom. The first-order valence-corrected chi connectivity index (χ1v) is 14.4. The third-order valence-electron chi connectivity index (χ3n) is 6.61. The summed E-state index contributed by atoms with van der Waals surface area (Å²) in [6.07, 6.45) is 4.89. The van der Waals surface area contributed by atoms with Crippen molar-refractivity contribution >= 4 is 61.6 Å². The Kier molecular flexibility index (Phi) is 8.73. The van der Waals surface area contributed by atoms with Crippen molar-refractivity contribution in [2.75, 3.05) is 28.7 Å². The van der Waals surface area contributed by atoms with Gasteiger partial charge in [0.25, 0.3) is 0 Å². The van der Waals surface area contributed by atoms with E-state index in [1.54, 1.807) is 18.3 Å². The number of benzene rings is 3. The van der Waals surface area contributed by atoms with Crippen molar-refractivity contribution in [2.24, 2.45) is 11.0 Å². The molecule has 10 heteroatoms. The maximum atomic E-state index is 9.95. The van der Waals surface area contributed by atoms with E-state index < -0.39 is 0 Å². The predicted octanol–water partition coefficient (Wildman–Crippen LogP) is 7.06. The van der Waals surface area contributed by atoms with Gasteiger partial charge in [-0.05, 0) is 99.4 Å². The van der Waals surface area contributed by atoms with Gasteiger partial charge in [0.15, 0.2) is 0 Å². The van der Waals surface area contributed by atoms with Gasteiger partial charge in [0, 0.05) is 18.8 Å². The SMILES string of the molecule is Cc1ccc(Nc2nc(N/N=C/c3cc(Br)c(O)c(Br)c3)nc(N3CCC(Cc4ccccc4)CC3)n2)cc1. The highest BCUT2D eigenvalue weighted by Gasteiger charge is 2.22. The second kappa shape index (κ2) is 12.6. The van der Waals surface area contributed by atoms with Crippen molar-refractivity contribution in [1.82, 2.24) is 15.0 Å². The highest BCUT2D eigenvalue weighted by Crippen LogP contribution is 2.33. The molecule has 0 radical (unpaired) electrons. The molecule has 2 heterocycles. The van der Waals surface area contributed by atoms with Crippen LogP contribution in [0, 0.1) is 12.8 Å². The van der Waals surface area contributed by atoms with Crippen LogP contribution in [0.15, 0.2) is 80.8 Å². The van der Waals surface area contributed by atoms with Crippen molar-refractivity contribution < 1.29 is 5.11 Å². The highest BCUT2D eigenvalue weighted by atomic mass is 79.9. The number of rotatable bonds is 8. The van der Waals surface area contributed by atoms with Gasteiger partial charge in [0.1, 0.15) is 5.75 Å². The number of nitrogens with zero attached hydrogens (tertiary/aromatic N) is 5. The van der Waals surface area contributed by atoms with E-state index in [9.17, 15) is 5.11 Å². The Labute approximate surface area is 244 Å². The number of aromatic hydroxyl groups is 1. The van der Waals surface area contributed by atoms with E-state index >= 15 is 0 Å². The molecule has 1 aliphatic rings. The Morgan fingerprint density at radius 1 is 0.949 bits per heavy atom. The van der Waals surface area contributed by atoms with Gasteiger partial charge < -0.3 is 15.3 Å². The summed E-state index contributed by atoms with van der Waals surface area (Å²) in [5.74, 6) is 2.19. The largest absolute Gasteiger partial charge is 0.506 e. The average Bonchev–Trinajstić information content (AvgIpc) is 2.94. The molecule has 1 fully saturated rings. The monoisotopic (exact) mass is 649 g/mol. The molecule has 1 aliphatic heterocycles. The molecule has 1 saturated heterocycles. The summed E-state index contributed by atoms with van der Waals surface area (Å²) in [6.45, 7) is 3.81. The Balaban J connectivity index is 1.33. The molecule has 8 nitrogen and oxygen atoms in total. The van der Waals surface area contributed by atoms with Gasteiger partial charge in [-0.3, -0.25) is 0 Å². The van der Waals surface area contributed by atoms with Crippen LogP contribution in [0.5, 0.6) is 5.75 Å². The van der Waals surface area contributed by atoms with Crippen LogP contribution in [-0.2, 0) is 6.42 Å². The lowest BCUT2D eigenvalue weighted by atomic mass is 9.90. The second-order valence-corrected chi connectivity index (χ2v) is 11.3. The molecule has 200 valence electrons. The lowest BCUT2D eigenvalue weighted by Gasteiger charge is -2.32. The van der Waals surface area contributed by atoms with Crippen molar-refractivity contribution in [1.29, 1.82) is 0 Å². The Bertz CT molecular complexity index is 1420. The van der Waals surface area contributed by atoms with Gasteiger partial charge in [-0.1, -0.05) is 48.0 Å². The topological polar surface area (TPSA) is 98.6 Å². The van der Waals surface area contributed by atoms with Crippen LogP contribution < -0.4 is 15.6 Å². The third-order valence-corrected chi connectivity index (χ3v) is 7.82. The van der Waals surface area contributed by atoms with E-state index in [-0.39, 0.29) is 5.75 Å². The maximum Gasteiger partial charge on any atom is 0.250 e. The van der Waals surface area contributed by atoms with Crippen LogP contribution >= 0.6 is 31.9 Å². The van der Waals surface area contributed by atoms with Crippen LogP contribution in [0.1, 0.15) is 29.5 Å². The first-order chi connectivity index (χ1) is 18.9. The first kappa shape index (κ1) is 27.1. The molecule has 5 rings (SSSR count). The fourth-order valence-corrected chi connectivity index (χ4v) is 5.71. The second-order valence-electron chi connectivity index (χ2n) is 9.60. The molecule has 39 heavy (non-hydrogen) atoms. The van der Waals surface area contributed by atoms with Crippen molar-refractivity contribution in [3.05, 3.63) is 92.4 Å². The van der Waals surface area contributed by atoms with E-state index in [0.29, 0.717) is 32.7 Å². The number of phenolic OH excluding ortho intramolecular Hbond substituents is 1. The first-order valence-electron chi connectivity index (χ1n) is 12.8. The molecule has 0 saturated carbocycles. The minimum absolute atomic E-state index is 0.140. The third kappa shape index (κ3) is 7.33. The lowest BCUT2D eigenvalue weighted by Crippen LogP contribution is -2.35. The molecule has 1 aromatic heterocycles. The number of hydrogen-bond acceptors (Lipinski definition) is 8. The summed E-state index contributed by atoms with van der Waals surface area (Å²) in [7, 11) is 0. The van der Waals surface area contributed by atoms with Gasteiger partial charge in [-0.15, -0.1) is 0 Å². The number of hydrogen-bond donors (Lipinski definition) is 3.